The molecule has 0 bridgehead atoms. The third kappa shape index (κ3) is 5.21. The SMILES string of the molecule is Cc1cccc(C(=O)NCCN2CCC[C@H](C(=O)N3CCc4cc(C)c(C)cc4C3)C2)c1. The highest BCUT2D eigenvalue weighted by molar-refractivity contribution is 5.94. The first-order valence-electron chi connectivity index (χ1n) is 11.9. The van der Waals surface area contributed by atoms with Gasteiger partial charge in [-0.05, 0) is 81.0 Å². The van der Waals surface area contributed by atoms with Crippen LogP contribution < -0.4 is 5.32 Å². The minimum absolute atomic E-state index is 0.0316. The summed E-state index contributed by atoms with van der Waals surface area (Å²) >= 11 is 0. The number of carbonyl (C=O) groups is 2. The minimum Gasteiger partial charge on any atom is -0.351 e. The van der Waals surface area contributed by atoms with Crippen LogP contribution in [0.4, 0.5) is 0 Å². The Hall–Kier alpha value is -2.66. The minimum atomic E-state index is -0.0316. The average Bonchev–Trinajstić information content (AvgIpc) is 2.79. The Bertz CT molecular complexity index is 1000. The van der Waals surface area contributed by atoms with E-state index in [1.54, 1.807) is 0 Å². The van der Waals surface area contributed by atoms with E-state index >= 15 is 0 Å². The Morgan fingerprint density at radius 3 is 2.59 bits per heavy atom. The van der Waals surface area contributed by atoms with Crippen LogP contribution in [0.2, 0.25) is 0 Å². The number of hydrogen-bond donors (Lipinski definition) is 1. The number of fused-ring (bicyclic) bond motifs is 1. The fourth-order valence-corrected chi connectivity index (χ4v) is 4.98. The van der Waals surface area contributed by atoms with Gasteiger partial charge in [-0.25, -0.2) is 0 Å². The summed E-state index contributed by atoms with van der Waals surface area (Å²) < 4.78 is 0. The van der Waals surface area contributed by atoms with Gasteiger partial charge in [0, 0.05) is 38.3 Å². The number of nitrogens with zero attached hydrogens (tertiary/aromatic N) is 2. The topological polar surface area (TPSA) is 52.7 Å². The summed E-state index contributed by atoms with van der Waals surface area (Å²) in [5, 5.41) is 3.03. The molecule has 0 aliphatic carbocycles. The van der Waals surface area contributed by atoms with Crippen LogP contribution in [-0.4, -0.2) is 54.3 Å². The van der Waals surface area contributed by atoms with Gasteiger partial charge in [0.25, 0.3) is 5.91 Å². The van der Waals surface area contributed by atoms with Crippen molar-refractivity contribution < 1.29 is 9.59 Å². The monoisotopic (exact) mass is 433 g/mol. The lowest BCUT2D eigenvalue weighted by Gasteiger charge is -2.37. The molecule has 1 N–H and O–H groups in total. The van der Waals surface area contributed by atoms with Gasteiger partial charge in [0.15, 0.2) is 0 Å². The molecule has 0 unspecified atom stereocenters. The summed E-state index contributed by atoms with van der Waals surface area (Å²) in [4.78, 5) is 30.0. The van der Waals surface area contributed by atoms with Gasteiger partial charge in [-0.2, -0.15) is 0 Å². The lowest BCUT2D eigenvalue weighted by Crippen LogP contribution is -2.47. The number of amides is 2. The first kappa shape index (κ1) is 22.5. The largest absolute Gasteiger partial charge is 0.351 e. The van der Waals surface area contributed by atoms with E-state index in [9.17, 15) is 9.59 Å². The standard InChI is InChI=1S/C27H35N3O2/c1-19-6-4-7-23(14-19)26(31)28-10-13-29-11-5-8-24(17-29)27(32)30-12-9-22-15-20(2)21(3)16-25(22)18-30/h4,6-7,14-16,24H,5,8-13,17-18H2,1-3H3,(H,28,31)/t24-/m0/s1. The summed E-state index contributed by atoms with van der Waals surface area (Å²) in [5.41, 5.74) is 7.12. The number of likely N-dealkylation sites (tertiary alicyclic amines) is 1. The molecule has 2 aromatic rings. The fourth-order valence-electron chi connectivity index (χ4n) is 4.98. The van der Waals surface area contributed by atoms with Crippen LogP contribution in [0.25, 0.3) is 0 Å². The molecule has 2 aliphatic rings. The van der Waals surface area contributed by atoms with E-state index in [4.69, 9.17) is 0 Å². The quantitative estimate of drug-likeness (QED) is 0.783. The second-order valence-corrected chi connectivity index (χ2v) is 9.48. The van der Waals surface area contributed by atoms with E-state index in [1.807, 2.05) is 31.2 Å². The second kappa shape index (κ2) is 9.86. The number of piperidine rings is 1. The van der Waals surface area contributed by atoms with E-state index < -0.39 is 0 Å². The van der Waals surface area contributed by atoms with Crippen LogP contribution in [0.1, 0.15) is 51.0 Å². The molecule has 2 aliphatic heterocycles. The number of hydrogen-bond acceptors (Lipinski definition) is 3. The molecule has 2 amide bonds. The highest BCUT2D eigenvalue weighted by atomic mass is 16.2. The molecule has 1 saturated heterocycles. The summed E-state index contributed by atoms with van der Waals surface area (Å²) in [6.07, 6.45) is 2.94. The summed E-state index contributed by atoms with van der Waals surface area (Å²) in [6.45, 7) is 11.0. The predicted molar refractivity (Wildman–Crippen MR) is 128 cm³/mol. The van der Waals surface area contributed by atoms with Crippen molar-refractivity contribution in [2.45, 2.75) is 46.6 Å². The van der Waals surface area contributed by atoms with Gasteiger partial charge < -0.3 is 15.1 Å². The van der Waals surface area contributed by atoms with Gasteiger partial charge in [-0.3, -0.25) is 9.59 Å². The van der Waals surface area contributed by atoms with Crippen molar-refractivity contribution in [2.24, 2.45) is 5.92 Å². The number of rotatable bonds is 5. The Morgan fingerprint density at radius 1 is 1.03 bits per heavy atom. The maximum Gasteiger partial charge on any atom is 0.251 e. The lowest BCUT2D eigenvalue weighted by molar-refractivity contribution is -0.138. The van der Waals surface area contributed by atoms with E-state index in [1.165, 1.54) is 22.3 Å². The van der Waals surface area contributed by atoms with E-state index in [0.717, 1.165) is 57.5 Å². The van der Waals surface area contributed by atoms with Crippen LogP contribution in [0.15, 0.2) is 36.4 Å². The lowest BCUT2D eigenvalue weighted by atomic mass is 9.92. The first-order chi connectivity index (χ1) is 15.4. The molecule has 0 spiro atoms. The van der Waals surface area contributed by atoms with Crippen molar-refractivity contribution in [2.75, 3.05) is 32.7 Å². The highest BCUT2D eigenvalue weighted by Crippen LogP contribution is 2.26. The summed E-state index contributed by atoms with van der Waals surface area (Å²) in [7, 11) is 0. The zero-order valence-electron chi connectivity index (χ0n) is 19.6. The second-order valence-electron chi connectivity index (χ2n) is 9.48. The third-order valence-corrected chi connectivity index (χ3v) is 6.99. The molecule has 0 aromatic heterocycles. The molecule has 2 heterocycles. The number of carbonyl (C=O) groups excluding carboxylic acids is 2. The molecule has 2 aromatic carbocycles. The first-order valence-corrected chi connectivity index (χ1v) is 11.9. The van der Waals surface area contributed by atoms with Crippen LogP contribution in [0.5, 0.6) is 0 Å². The fraction of sp³-hybridized carbons (Fsp3) is 0.481. The van der Waals surface area contributed by atoms with Crippen molar-refractivity contribution in [1.82, 2.24) is 15.1 Å². The van der Waals surface area contributed by atoms with Gasteiger partial charge >= 0.3 is 0 Å². The maximum absolute atomic E-state index is 13.3. The molecular formula is C27H35N3O2. The molecule has 4 rings (SSSR count). The smallest absolute Gasteiger partial charge is 0.251 e. The van der Waals surface area contributed by atoms with Crippen LogP contribution in [0, 0.1) is 26.7 Å². The molecule has 1 fully saturated rings. The highest BCUT2D eigenvalue weighted by Gasteiger charge is 2.31. The molecule has 0 radical (unpaired) electrons. The zero-order valence-corrected chi connectivity index (χ0v) is 19.6. The van der Waals surface area contributed by atoms with Crippen molar-refractivity contribution in [1.29, 1.82) is 0 Å². The molecule has 5 heteroatoms. The Morgan fingerprint density at radius 2 is 1.81 bits per heavy atom. The summed E-state index contributed by atoms with van der Waals surface area (Å²) in [6, 6.07) is 12.2. The van der Waals surface area contributed by atoms with E-state index in [0.29, 0.717) is 18.0 Å². The predicted octanol–water partition coefficient (Wildman–Crippen LogP) is 3.64. The third-order valence-electron chi connectivity index (χ3n) is 6.99. The van der Waals surface area contributed by atoms with Crippen LogP contribution in [0.3, 0.4) is 0 Å². The van der Waals surface area contributed by atoms with Crippen molar-refractivity contribution in [3.05, 3.63) is 69.8 Å². The van der Waals surface area contributed by atoms with Gasteiger partial charge in [-0.1, -0.05) is 29.8 Å². The van der Waals surface area contributed by atoms with Gasteiger partial charge in [0.1, 0.15) is 0 Å². The van der Waals surface area contributed by atoms with Crippen molar-refractivity contribution in [3.63, 3.8) is 0 Å². The van der Waals surface area contributed by atoms with Gasteiger partial charge in [0.2, 0.25) is 5.91 Å². The Labute approximate surface area is 191 Å². The molecule has 5 nitrogen and oxygen atoms in total. The Balaban J connectivity index is 1.28. The molecule has 0 saturated carbocycles. The molecular weight excluding hydrogens is 398 g/mol. The average molecular weight is 434 g/mol. The molecule has 170 valence electrons. The number of aryl methyl sites for hydroxylation is 3. The van der Waals surface area contributed by atoms with Crippen molar-refractivity contribution in [3.8, 4) is 0 Å². The summed E-state index contributed by atoms with van der Waals surface area (Å²) in [5.74, 6) is 0.322. The van der Waals surface area contributed by atoms with Gasteiger partial charge in [0.05, 0.1) is 5.92 Å². The Kier molecular flexibility index (Phi) is 6.95. The number of nitrogens with one attached hydrogen (secondary N) is 1. The molecule has 1 atom stereocenters. The normalized spacial score (nSPS) is 18.8. The van der Waals surface area contributed by atoms with E-state index in [-0.39, 0.29) is 11.8 Å². The van der Waals surface area contributed by atoms with Crippen LogP contribution in [-0.2, 0) is 17.8 Å². The van der Waals surface area contributed by atoms with Gasteiger partial charge in [-0.15, -0.1) is 0 Å². The number of benzene rings is 2. The maximum atomic E-state index is 13.3. The van der Waals surface area contributed by atoms with Crippen LogP contribution >= 0.6 is 0 Å². The molecule has 32 heavy (non-hydrogen) atoms. The zero-order chi connectivity index (χ0) is 22.7. The van der Waals surface area contributed by atoms with Crippen molar-refractivity contribution >= 4 is 11.8 Å². The van der Waals surface area contributed by atoms with E-state index in [2.05, 4.69) is 41.1 Å².